The zero-order valence-electron chi connectivity index (χ0n) is 15.4. The Kier molecular flexibility index (Phi) is 7.63. The lowest BCUT2D eigenvalue weighted by Gasteiger charge is -2.17. The molecule has 2 amide bonds. The number of carboxylic acids is 1. The summed E-state index contributed by atoms with van der Waals surface area (Å²) < 4.78 is 0. The lowest BCUT2D eigenvalue weighted by Crippen LogP contribution is -2.33. The van der Waals surface area contributed by atoms with E-state index in [-0.39, 0.29) is 30.6 Å². The normalized spacial score (nSPS) is 16.7. The molecule has 1 aliphatic heterocycles. The van der Waals surface area contributed by atoms with Crippen LogP contribution in [0.15, 0.2) is 24.3 Å². The molecular formula is C20H28N2O4. The SMILES string of the molecule is Cc1ccc(N2CC(C(=O)NCCCCCCCC(=O)O)CC2=O)cc1. The quantitative estimate of drug-likeness (QED) is 0.628. The van der Waals surface area contributed by atoms with Gasteiger partial charge in [-0.05, 0) is 31.9 Å². The van der Waals surface area contributed by atoms with Gasteiger partial charge < -0.3 is 15.3 Å². The number of hydrogen-bond donors (Lipinski definition) is 2. The third-order valence-corrected chi connectivity index (χ3v) is 4.71. The van der Waals surface area contributed by atoms with Crippen molar-refractivity contribution < 1.29 is 19.5 Å². The number of unbranched alkanes of at least 4 members (excludes halogenated alkanes) is 4. The molecule has 1 atom stereocenters. The van der Waals surface area contributed by atoms with E-state index in [2.05, 4.69) is 5.32 Å². The maximum atomic E-state index is 12.3. The molecule has 6 nitrogen and oxygen atoms in total. The molecule has 26 heavy (non-hydrogen) atoms. The molecule has 142 valence electrons. The first-order valence-electron chi connectivity index (χ1n) is 9.34. The van der Waals surface area contributed by atoms with Gasteiger partial charge in [-0.3, -0.25) is 14.4 Å². The number of anilines is 1. The van der Waals surface area contributed by atoms with E-state index < -0.39 is 5.97 Å². The largest absolute Gasteiger partial charge is 0.481 e. The monoisotopic (exact) mass is 360 g/mol. The fourth-order valence-electron chi connectivity index (χ4n) is 3.14. The molecule has 6 heteroatoms. The van der Waals surface area contributed by atoms with Crippen molar-refractivity contribution >= 4 is 23.5 Å². The van der Waals surface area contributed by atoms with Gasteiger partial charge in [0, 0.05) is 31.6 Å². The molecule has 0 aliphatic carbocycles. The Morgan fingerprint density at radius 3 is 2.46 bits per heavy atom. The minimum absolute atomic E-state index is 0.00701. The smallest absolute Gasteiger partial charge is 0.303 e. The summed E-state index contributed by atoms with van der Waals surface area (Å²) in [4.78, 5) is 36.6. The Bertz CT molecular complexity index is 627. The second kappa shape index (κ2) is 9.94. The molecule has 0 radical (unpaired) electrons. The van der Waals surface area contributed by atoms with Gasteiger partial charge in [0.15, 0.2) is 0 Å². The molecular weight excluding hydrogens is 332 g/mol. The Hall–Kier alpha value is -2.37. The van der Waals surface area contributed by atoms with Gasteiger partial charge in [0.05, 0.1) is 5.92 Å². The molecule has 1 saturated heterocycles. The zero-order valence-corrected chi connectivity index (χ0v) is 15.4. The van der Waals surface area contributed by atoms with Gasteiger partial charge in [-0.1, -0.05) is 37.0 Å². The number of carboxylic acid groups (broad SMARTS) is 1. The van der Waals surface area contributed by atoms with E-state index in [0.717, 1.165) is 36.9 Å². The van der Waals surface area contributed by atoms with Gasteiger partial charge in [-0.25, -0.2) is 0 Å². The number of nitrogens with one attached hydrogen (secondary N) is 1. The molecule has 1 fully saturated rings. The van der Waals surface area contributed by atoms with Crippen molar-refractivity contribution in [3.63, 3.8) is 0 Å². The maximum Gasteiger partial charge on any atom is 0.303 e. The number of nitrogens with zero attached hydrogens (tertiary/aromatic N) is 1. The molecule has 2 rings (SSSR count). The summed E-state index contributed by atoms with van der Waals surface area (Å²) in [6, 6.07) is 7.76. The predicted octanol–water partition coefficient (Wildman–Crippen LogP) is 2.89. The molecule has 1 aromatic rings. The van der Waals surface area contributed by atoms with Gasteiger partial charge >= 0.3 is 5.97 Å². The molecule has 0 bridgehead atoms. The van der Waals surface area contributed by atoms with Crippen LogP contribution in [0.25, 0.3) is 0 Å². The average Bonchev–Trinajstić information content (AvgIpc) is 2.99. The van der Waals surface area contributed by atoms with Crippen LogP contribution in [-0.2, 0) is 14.4 Å². The van der Waals surface area contributed by atoms with Crippen LogP contribution in [0, 0.1) is 12.8 Å². The van der Waals surface area contributed by atoms with Crippen molar-refractivity contribution in [3.8, 4) is 0 Å². The molecule has 1 aliphatic rings. The van der Waals surface area contributed by atoms with E-state index in [0.29, 0.717) is 19.5 Å². The second-order valence-electron chi connectivity index (χ2n) is 6.94. The Morgan fingerprint density at radius 1 is 1.12 bits per heavy atom. The summed E-state index contributed by atoms with van der Waals surface area (Å²) in [6.45, 7) is 3.04. The highest BCUT2D eigenvalue weighted by molar-refractivity contribution is 6.00. The fraction of sp³-hybridized carbons (Fsp3) is 0.550. The first-order chi connectivity index (χ1) is 12.5. The molecule has 1 aromatic carbocycles. The van der Waals surface area contributed by atoms with Crippen LogP contribution in [0.5, 0.6) is 0 Å². The van der Waals surface area contributed by atoms with Crippen LogP contribution in [0.2, 0.25) is 0 Å². The molecule has 0 aromatic heterocycles. The minimum atomic E-state index is -0.747. The van der Waals surface area contributed by atoms with E-state index in [1.165, 1.54) is 0 Å². The van der Waals surface area contributed by atoms with E-state index in [4.69, 9.17) is 5.11 Å². The lowest BCUT2D eigenvalue weighted by molar-refractivity contribution is -0.137. The highest BCUT2D eigenvalue weighted by Gasteiger charge is 2.34. The van der Waals surface area contributed by atoms with E-state index in [9.17, 15) is 14.4 Å². The Labute approximate surface area is 154 Å². The Morgan fingerprint density at radius 2 is 1.77 bits per heavy atom. The first-order valence-corrected chi connectivity index (χ1v) is 9.34. The zero-order chi connectivity index (χ0) is 18.9. The van der Waals surface area contributed by atoms with Gasteiger partial charge in [0.2, 0.25) is 11.8 Å². The highest BCUT2D eigenvalue weighted by atomic mass is 16.4. The summed E-state index contributed by atoms with van der Waals surface area (Å²) in [6.07, 6.45) is 4.93. The van der Waals surface area contributed by atoms with Crippen LogP contribution in [0.4, 0.5) is 5.69 Å². The number of carbonyl (C=O) groups excluding carboxylic acids is 2. The standard InChI is InChI=1S/C20H28N2O4/c1-15-8-10-17(11-9-15)22-14-16(13-18(22)23)20(26)21-12-6-4-2-3-5-7-19(24)25/h8-11,16H,2-7,12-14H2,1H3,(H,21,26)(H,24,25). The van der Waals surface area contributed by atoms with Crippen molar-refractivity contribution in [3.05, 3.63) is 29.8 Å². The van der Waals surface area contributed by atoms with Crippen molar-refractivity contribution in [2.75, 3.05) is 18.0 Å². The van der Waals surface area contributed by atoms with E-state index in [1.54, 1.807) is 4.90 Å². The van der Waals surface area contributed by atoms with Crippen LogP contribution in [0.1, 0.15) is 50.5 Å². The third-order valence-electron chi connectivity index (χ3n) is 4.71. The van der Waals surface area contributed by atoms with Gasteiger partial charge in [0.1, 0.15) is 0 Å². The van der Waals surface area contributed by atoms with Crippen LogP contribution >= 0.6 is 0 Å². The minimum Gasteiger partial charge on any atom is -0.481 e. The predicted molar refractivity (Wildman–Crippen MR) is 100.0 cm³/mol. The topological polar surface area (TPSA) is 86.7 Å². The Balaban J connectivity index is 1.65. The number of rotatable bonds is 10. The summed E-state index contributed by atoms with van der Waals surface area (Å²) in [5.74, 6) is -1.10. The second-order valence-corrected chi connectivity index (χ2v) is 6.94. The average molecular weight is 360 g/mol. The van der Waals surface area contributed by atoms with Crippen molar-refractivity contribution in [2.24, 2.45) is 5.92 Å². The number of aliphatic carboxylic acids is 1. The summed E-state index contributed by atoms with van der Waals surface area (Å²) in [5, 5.41) is 11.5. The third kappa shape index (κ3) is 6.17. The van der Waals surface area contributed by atoms with Gasteiger partial charge in [-0.2, -0.15) is 0 Å². The van der Waals surface area contributed by atoms with Crippen molar-refractivity contribution in [1.82, 2.24) is 5.32 Å². The van der Waals surface area contributed by atoms with Gasteiger partial charge in [0.25, 0.3) is 0 Å². The number of aryl methyl sites for hydroxylation is 1. The molecule has 0 spiro atoms. The molecule has 2 N–H and O–H groups in total. The first kappa shape index (κ1) is 19.9. The number of hydrogen-bond acceptors (Lipinski definition) is 3. The maximum absolute atomic E-state index is 12.3. The fourth-order valence-corrected chi connectivity index (χ4v) is 3.14. The van der Waals surface area contributed by atoms with Gasteiger partial charge in [-0.15, -0.1) is 0 Å². The molecule has 0 saturated carbocycles. The molecule has 1 unspecified atom stereocenters. The number of amides is 2. The van der Waals surface area contributed by atoms with Crippen LogP contribution in [-0.4, -0.2) is 36.0 Å². The van der Waals surface area contributed by atoms with Crippen LogP contribution < -0.4 is 10.2 Å². The lowest BCUT2D eigenvalue weighted by atomic mass is 10.1. The van der Waals surface area contributed by atoms with Crippen molar-refractivity contribution in [1.29, 1.82) is 0 Å². The number of carbonyl (C=O) groups is 3. The summed E-state index contributed by atoms with van der Waals surface area (Å²) in [5.41, 5.74) is 1.98. The summed E-state index contributed by atoms with van der Waals surface area (Å²) in [7, 11) is 0. The van der Waals surface area contributed by atoms with Crippen LogP contribution in [0.3, 0.4) is 0 Å². The highest BCUT2D eigenvalue weighted by Crippen LogP contribution is 2.25. The summed E-state index contributed by atoms with van der Waals surface area (Å²) >= 11 is 0. The van der Waals surface area contributed by atoms with E-state index >= 15 is 0 Å². The van der Waals surface area contributed by atoms with Crippen molar-refractivity contribution in [2.45, 2.75) is 51.9 Å². The van der Waals surface area contributed by atoms with E-state index in [1.807, 2.05) is 31.2 Å². The number of benzene rings is 1. The molecule has 1 heterocycles.